The van der Waals surface area contributed by atoms with Crippen LogP contribution in [0.3, 0.4) is 0 Å². The van der Waals surface area contributed by atoms with Crippen LogP contribution in [0.25, 0.3) is 10.9 Å². The molecule has 0 radical (unpaired) electrons. The van der Waals surface area contributed by atoms with Crippen molar-refractivity contribution in [2.75, 3.05) is 13.2 Å². The van der Waals surface area contributed by atoms with Crippen LogP contribution in [0.5, 0.6) is 0 Å². The van der Waals surface area contributed by atoms with Gasteiger partial charge in [0.25, 0.3) is 0 Å². The van der Waals surface area contributed by atoms with Crippen molar-refractivity contribution in [3.05, 3.63) is 42.1 Å². The highest BCUT2D eigenvalue weighted by atomic mass is 16.5. The molecule has 0 aliphatic carbocycles. The smallest absolute Gasteiger partial charge is 0.220 e. The number of hydrogen-bond donors (Lipinski definition) is 1. The number of pyridine rings is 1. The van der Waals surface area contributed by atoms with Gasteiger partial charge in [-0.15, -0.1) is 0 Å². The summed E-state index contributed by atoms with van der Waals surface area (Å²) in [6, 6.07) is 10.1. The van der Waals surface area contributed by atoms with Crippen molar-refractivity contribution in [2.24, 2.45) is 5.92 Å². The van der Waals surface area contributed by atoms with Gasteiger partial charge >= 0.3 is 0 Å². The maximum absolute atomic E-state index is 12.0. The summed E-state index contributed by atoms with van der Waals surface area (Å²) < 4.78 is 5.40. The third-order valence-corrected chi connectivity index (χ3v) is 3.87. The van der Waals surface area contributed by atoms with Gasteiger partial charge < -0.3 is 10.1 Å². The van der Waals surface area contributed by atoms with E-state index in [2.05, 4.69) is 16.4 Å². The number of para-hydroxylation sites is 1. The average molecular weight is 284 g/mol. The predicted octanol–water partition coefficient (Wildman–Crippen LogP) is 2.67. The van der Waals surface area contributed by atoms with E-state index < -0.39 is 0 Å². The molecule has 1 amide bonds. The molecule has 0 spiro atoms. The largest absolute Gasteiger partial charge is 0.381 e. The third kappa shape index (κ3) is 3.79. The van der Waals surface area contributed by atoms with Crippen molar-refractivity contribution < 1.29 is 9.53 Å². The van der Waals surface area contributed by atoms with Crippen LogP contribution in [0.1, 0.15) is 24.8 Å². The molecule has 0 saturated carbocycles. The number of aromatic nitrogens is 1. The normalized spacial score (nSPS) is 18.6. The molecule has 2 aromatic rings. The summed E-state index contributed by atoms with van der Waals surface area (Å²) >= 11 is 0. The van der Waals surface area contributed by atoms with Crippen LogP contribution in [0.4, 0.5) is 0 Å². The second-order valence-corrected chi connectivity index (χ2v) is 5.60. The van der Waals surface area contributed by atoms with E-state index in [1.807, 2.05) is 30.5 Å². The van der Waals surface area contributed by atoms with Gasteiger partial charge in [-0.25, -0.2) is 0 Å². The van der Waals surface area contributed by atoms with E-state index in [1.54, 1.807) is 0 Å². The highest BCUT2D eigenvalue weighted by Gasteiger charge is 2.17. The molecule has 21 heavy (non-hydrogen) atoms. The van der Waals surface area contributed by atoms with E-state index in [-0.39, 0.29) is 5.91 Å². The maximum atomic E-state index is 12.0. The van der Waals surface area contributed by atoms with Crippen LogP contribution in [0.2, 0.25) is 0 Å². The quantitative estimate of drug-likeness (QED) is 0.939. The molecule has 1 aliphatic rings. The zero-order valence-corrected chi connectivity index (χ0v) is 12.0. The second kappa shape index (κ2) is 6.68. The first-order valence-electron chi connectivity index (χ1n) is 7.49. The van der Waals surface area contributed by atoms with Crippen LogP contribution >= 0.6 is 0 Å². The van der Waals surface area contributed by atoms with E-state index in [4.69, 9.17) is 4.74 Å². The maximum Gasteiger partial charge on any atom is 0.220 e. The molecule has 110 valence electrons. The number of carbonyl (C=O) groups is 1. The van der Waals surface area contributed by atoms with Crippen molar-refractivity contribution in [1.82, 2.24) is 10.3 Å². The zero-order chi connectivity index (χ0) is 14.5. The van der Waals surface area contributed by atoms with Crippen LogP contribution in [0.15, 0.2) is 36.5 Å². The number of carbonyl (C=O) groups excluding carboxylic acids is 1. The zero-order valence-electron chi connectivity index (χ0n) is 12.0. The molecule has 0 bridgehead atoms. The molecule has 1 N–H and O–H groups in total. The number of nitrogens with zero attached hydrogens (tertiary/aromatic N) is 1. The van der Waals surface area contributed by atoms with Gasteiger partial charge in [0.15, 0.2) is 0 Å². The minimum Gasteiger partial charge on any atom is -0.381 e. The minimum absolute atomic E-state index is 0.0960. The molecule has 2 heterocycles. The fraction of sp³-hybridized carbons (Fsp3) is 0.412. The van der Waals surface area contributed by atoms with Crippen molar-refractivity contribution in [1.29, 1.82) is 0 Å². The lowest BCUT2D eigenvalue weighted by atomic mass is 9.98. The van der Waals surface area contributed by atoms with Gasteiger partial charge in [0, 0.05) is 37.8 Å². The lowest BCUT2D eigenvalue weighted by Gasteiger charge is -2.21. The highest BCUT2D eigenvalue weighted by Crippen LogP contribution is 2.17. The van der Waals surface area contributed by atoms with E-state index >= 15 is 0 Å². The molecule has 0 unspecified atom stereocenters. The molecule has 4 heteroatoms. The Balaban J connectivity index is 1.54. The molecule has 1 saturated heterocycles. The molecule has 1 aliphatic heterocycles. The second-order valence-electron chi connectivity index (χ2n) is 5.60. The fourth-order valence-corrected chi connectivity index (χ4v) is 2.72. The Labute approximate surface area is 124 Å². The molecule has 1 atom stereocenters. The molecular formula is C17H20N2O2. The Morgan fingerprint density at radius 3 is 3.14 bits per heavy atom. The summed E-state index contributed by atoms with van der Waals surface area (Å²) in [5, 5.41) is 4.08. The number of amides is 1. The lowest BCUT2D eigenvalue weighted by Crippen LogP contribution is -2.28. The minimum atomic E-state index is 0.0960. The third-order valence-electron chi connectivity index (χ3n) is 3.87. The van der Waals surface area contributed by atoms with Crippen LogP contribution in [0, 0.1) is 5.92 Å². The number of rotatable bonds is 4. The lowest BCUT2D eigenvalue weighted by molar-refractivity contribution is -0.123. The number of nitrogens with one attached hydrogen (secondary N) is 1. The summed E-state index contributed by atoms with van der Waals surface area (Å²) in [6.07, 6.45) is 4.53. The number of benzene rings is 1. The predicted molar refractivity (Wildman–Crippen MR) is 81.7 cm³/mol. The van der Waals surface area contributed by atoms with Gasteiger partial charge in [0.2, 0.25) is 5.91 Å². The van der Waals surface area contributed by atoms with E-state index in [0.29, 0.717) is 25.5 Å². The summed E-state index contributed by atoms with van der Waals surface area (Å²) in [5.41, 5.74) is 2.01. The summed E-state index contributed by atoms with van der Waals surface area (Å²) in [6.45, 7) is 2.08. The standard InChI is InChI=1S/C17H20N2O2/c20-17(9-13-4-3-7-21-12-13)19-11-14-8-15-5-1-2-6-16(15)18-10-14/h1-2,5-6,8,10,13H,3-4,7,9,11-12H2,(H,19,20)/t13-/m0/s1. The first-order chi connectivity index (χ1) is 10.3. The average Bonchev–Trinajstić information content (AvgIpc) is 2.54. The number of ether oxygens (including phenoxy) is 1. The van der Waals surface area contributed by atoms with Crippen molar-refractivity contribution in [3.63, 3.8) is 0 Å². The molecule has 4 nitrogen and oxygen atoms in total. The molecular weight excluding hydrogens is 264 g/mol. The van der Waals surface area contributed by atoms with Crippen LogP contribution < -0.4 is 5.32 Å². The number of fused-ring (bicyclic) bond motifs is 1. The van der Waals surface area contributed by atoms with Gasteiger partial charge in [-0.05, 0) is 36.5 Å². The summed E-state index contributed by atoms with van der Waals surface area (Å²) in [5.74, 6) is 0.465. The van der Waals surface area contributed by atoms with Crippen molar-refractivity contribution in [3.8, 4) is 0 Å². The van der Waals surface area contributed by atoms with Crippen molar-refractivity contribution in [2.45, 2.75) is 25.8 Å². The van der Waals surface area contributed by atoms with Gasteiger partial charge in [-0.1, -0.05) is 18.2 Å². The Morgan fingerprint density at radius 1 is 1.38 bits per heavy atom. The van der Waals surface area contributed by atoms with Crippen molar-refractivity contribution >= 4 is 16.8 Å². The van der Waals surface area contributed by atoms with Gasteiger partial charge in [-0.2, -0.15) is 0 Å². The van der Waals surface area contributed by atoms with Gasteiger partial charge in [-0.3, -0.25) is 9.78 Å². The SMILES string of the molecule is O=C(C[C@@H]1CCCOC1)NCc1cnc2ccccc2c1. The number of hydrogen-bond acceptors (Lipinski definition) is 3. The first-order valence-corrected chi connectivity index (χ1v) is 7.49. The van der Waals surface area contributed by atoms with E-state index in [0.717, 1.165) is 35.9 Å². The van der Waals surface area contributed by atoms with Crippen LogP contribution in [-0.2, 0) is 16.1 Å². The van der Waals surface area contributed by atoms with Gasteiger partial charge in [0.05, 0.1) is 5.52 Å². The highest BCUT2D eigenvalue weighted by molar-refractivity contribution is 5.79. The van der Waals surface area contributed by atoms with E-state index in [9.17, 15) is 4.79 Å². The van der Waals surface area contributed by atoms with E-state index in [1.165, 1.54) is 0 Å². The Hall–Kier alpha value is -1.94. The fourth-order valence-electron chi connectivity index (χ4n) is 2.72. The van der Waals surface area contributed by atoms with Crippen LogP contribution in [-0.4, -0.2) is 24.1 Å². The molecule has 1 aromatic heterocycles. The van der Waals surface area contributed by atoms with Gasteiger partial charge in [0.1, 0.15) is 0 Å². The Bertz CT molecular complexity index is 621. The first kappa shape index (κ1) is 14.0. The summed E-state index contributed by atoms with van der Waals surface area (Å²) in [7, 11) is 0. The topological polar surface area (TPSA) is 51.2 Å². The Morgan fingerprint density at radius 2 is 2.29 bits per heavy atom. The molecule has 3 rings (SSSR count). The molecule has 1 aromatic carbocycles. The monoisotopic (exact) mass is 284 g/mol. The summed E-state index contributed by atoms with van der Waals surface area (Å²) in [4.78, 5) is 16.4. The molecule has 1 fully saturated rings. The Kier molecular flexibility index (Phi) is 4.46.